The predicted molar refractivity (Wildman–Crippen MR) is 89.4 cm³/mol. The third-order valence-corrected chi connectivity index (χ3v) is 4.63. The summed E-state index contributed by atoms with van der Waals surface area (Å²) in [5, 5.41) is 5.43. The topological polar surface area (TPSA) is 54.2 Å². The van der Waals surface area contributed by atoms with Gasteiger partial charge >= 0.3 is 0 Å². The molecule has 22 heavy (non-hydrogen) atoms. The number of aromatic nitrogens is 2. The molecule has 3 heterocycles. The van der Waals surface area contributed by atoms with E-state index in [1.807, 2.05) is 16.0 Å². The van der Waals surface area contributed by atoms with E-state index in [2.05, 4.69) is 28.3 Å². The molecule has 1 atom stereocenters. The number of fused-ring (bicyclic) bond motifs is 1. The Morgan fingerprint density at radius 2 is 2.50 bits per heavy atom. The first-order valence-corrected chi connectivity index (χ1v) is 8.61. The average molecular weight is 321 g/mol. The maximum atomic E-state index is 5.27. The monoisotopic (exact) mass is 321 g/mol. The smallest absolute Gasteiger partial charge is 0.194 e. The second-order valence-corrected chi connectivity index (χ2v) is 6.42. The van der Waals surface area contributed by atoms with Crippen LogP contribution >= 0.6 is 11.3 Å². The Hall–Kier alpha value is -1.60. The number of methoxy groups -OCH3 is 1. The molecule has 1 fully saturated rings. The zero-order valence-corrected chi connectivity index (χ0v) is 14.0. The van der Waals surface area contributed by atoms with Crippen LogP contribution in [0.4, 0.5) is 0 Å². The first-order valence-electron chi connectivity index (χ1n) is 7.73. The number of imidazole rings is 1. The van der Waals surface area contributed by atoms with E-state index in [0.717, 1.165) is 42.9 Å². The lowest BCUT2D eigenvalue weighted by molar-refractivity contribution is 0.157. The van der Waals surface area contributed by atoms with Gasteiger partial charge in [-0.15, -0.1) is 11.3 Å². The molecule has 0 saturated carbocycles. The summed E-state index contributed by atoms with van der Waals surface area (Å²) in [4.78, 5) is 12.7. The highest BCUT2D eigenvalue weighted by Gasteiger charge is 2.24. The van der Waals surface area contributed by atoms with E-state index >= 15 is 0 Å². The molecule has 120 valence electrons. The minimum absolute atomic E-state index is 0.604. The van der Waals surface area contributed by atoms with Gasteiger partial charge in [0.05, 0.1) is 18.8 Å². The van der Waals surface area contributed by atoms with E-state index in [1.54, 1.807) is 18.4 Å². The summed E-state index contributed by atoms with van der Waals surface area (Å²) in [5.41, 5.74) is 1.01. The van der Waals surface area contributed by atoms with E-state index < -0.39 is 0 Å². The summed E-state index contributed by atoms with van der Waals surface area (Å²) in [7, 11) is 1.77. The van der Waals surface area contributed by atoms with Crippen LogP contribution in [0.2, 0.25) is 0 Å². The fourth-order valence-electron chi connectivity index (χ4n) is 2.83. The van der Waals surface area contributed by atoms with Crippen LogP contribution in [-0.4, -0.2) is 53.6 Å². The van der Waals surface area contributed by atoms with E-state index in [-0.39, 0.29) is 0 Å². The number of nitrogens with one attached hydrogen (secondary N) is 1. The number of likely N-dealkylation sites (tertiary alicyclic amines) is 1. The number of nitrogens with zero attached hydrogens (tertiary/aromatic N) is 4. The van der Waals surface area contributed by atoms with E-state index in [0.29, 0.717) is 12.5 Å². The summed E-state index contributed by atoms with van der Waals surface area (Å²) in [6.45, 7) is 6.47. The van der Waals surface area contributed by atoms with Gasteiger partial charge in [0.15, 0.2) is 10.9 Å². The van der Waals surface area contributed by atoms with Crippen molar-refractivity contribution in [3.05, 3.63) is 23.5 Å². The maximum Gasteiger partial charge on any atom is 0.194 e. The summed E-state index contributed by atoms with van der Waals surface area (Å²) in [6.07, 6.45) is 5.25. The Morgan fingerprint density at radius 1 is 1.59 bits per heavy atom. The molecule has 7 heteroatoms. The Balaban J connectivity index is 1.66. The molecule has 1 aliphatic rings. The van der Waals surface area contributed by atoms with Crippen molar-refractivity contribution < 1.29 is 4.74 Å². The number of aliphatic imine (C=N–C) groups is 1. The molecule has 1 N–H and O–H groups in total. The first-order chi connectivity index (χ1) is 10.8. The van der Waals surface area contributed by atoms with Crippen LogP contribution in [0.1, 0.15) is 19.0 Å². The van der Waals surface area contributed by atoms with E-state index in [4.69, 9.17) is 9.73 Å². The molecular weight excluding hydrogens is 298 g/mol. The first kappa shape index (κ1) is 15.3. The summed E-state index contributed by atoms with van der Waals surface area (Å²) in [6, 6.07) is 0. The predicted octanol–water partition coefficient (Wildman–Crippen LogP) is 1.83. The highest BCUT2D eigenvalue weighted by atomic mass is 32.1. The van der Waals surface area contributed by atoms with Crippen LogP contribution in [0.25, 0.3) is 4.96 Å². The minimum atomic E-state index is 0.604. The zero-order chi connectivity index (χ0) is 15.4. The molecule has 0 bridgehead atoms. The van der Waals surface area contributed by atoms with Crippen LogP contribution in [0.15, 0.2) is 22.8 Å². The lowest BCUT2D eigenvalue weighted by Gasteiger charge is -2.21. The molecule has 0 aliphatic carbocycles. The number of thiazole rings is 1. The molecule has 0 radical (unpaired) electrons. The van der Waals surface area contributed by atoms with Gasteiger partial charge in [0.25, 0.3) is 0 Å². The molecule has 0 spiro atoms. The molecule has 2 aromatic heterocycles. The molecule has 1 unspecified atom stereocenters. The number of guanidine groups is 1. The van der Waals surface area contributed by atoms with Gasteiger partial charge in [0, 0.05) is 50.4 Å². The van der Waals surface area contributed by atoms with Crippen molar-refractivity contribution in [1.29, 1.82) is 0 Å². The van der Waals surface area contributed by atoms with Crippen molar-refractivity contribution in [2.24, 2.45) is 10.9 Å². The van der Waals surface area contributed by atoms with Crippen LogP contribution < -0.4 is 5.32 Å². The third-order valence-electron chi connectivity index (χ3n) is 3.86. The fraction of sp³-hybridized carbons (Fsp3) is 0.600. The standard InChI is InChI=1S/C15H23N5OS/c1-3-16-14(19-5-4-12(9-19)11-21-2)17-8-13-10-20-6-7-22-15(20)18-13/h6-7,10,12H,3-5,8-9,11H2,1-2H3,(H,16,17). The largest absolute Gasteiger partial charge is 0.384 e. The quantitative estimate of drug-likeness (QED) is 0.674. The molecule has 2 aromatic rings. The Morgan fingerprint density at radius 3 is 3.27 bits per heavy atom. The number of hydrogen-bond acceptors (Lipinski definition) is 4. The molecule has 1 aliphatic heterocycles. The van der Waals surface area contributed by atoms with Crippen molar-refractivity contribution in [2.75, 3.05) is 33.4 Å². The SMILES string of the molecule is CCNC(=NCc1cn2ccsc2n1)N1CCC(COC)C1. The Bertz CT molecular complexity index is 606. The molecule has 3 rings (SSSR count). The van der Waals surface area contributed by atoms with Crippen molar-refractivity contribution in [2.45, 2.75) is 19.9 Å². The van der Waals surface area contributed by atoms with Crippen molar-refractivity contribution in [3.8, 4) is 0 Å². The lowest BCUT2D eigenvalue weighted by atomic mass is 10.1. The highest BCUT2D eigenvalue weighted by Crippen LogP contribution is 2.17. The number of rotatable bonds is 5. The molecular formula is C15H23N5OS. The third kappa shape index (κ3) is 3.41. The normalized spacial score (nSPS) is 19.3. The minimum Gasteiger partial charge on any atom is -0.384 e. The molecule has 0 aromatic carbocycles. The van der Waals surface area contributed by atoms with Gasteiger partial charge in [-0.3, -0.25) is 4.40 Å². The van der Waals surface area contributed by atoms with Gasteiger partial charge in [-0.2, -0.15) is 0 Å². The van der Waals surface area contributed by atoms with Crippen molar-refractivity contribution in [3.63, 3.8) is 0 Å². The molecule has 0 amide bonds. The fourth-order valence-corrected chi connectivity index (χ4v) is 3.55. The van der Waals surface area contributed by atoms with Crippen molar-refractivity contribution >= 4 is 22.3 Å². The average Bonchev–Trinajstić information content (AvgIpc) is 3.19. The van der Waals surface area contributed by atoms with Gasteiger partial charge in [-0.25, -0.2) is 9.98 Å². The summed E-state index contributed by atoms with van der Waals surface area (Å²) >= 11 is 1.65. The summed E-state index contributed by atoms with van der Waals surface area (Å²) < 4.78 is 7.32. The maximum absolute atomic E-state index is 5.27. The molecule has 6 nitrogen and oxygen atoms in total. The number of ether oxygens (including phenoxy) is 1. The lowest BCUT2D eigenvalue weighted by Crippen LogP contribution is -2.40. The van der Waals surface area contributed by atoms with Crippen LogP contribution in [0.5, 0.6) is 0 Å². The summed E-state index contributed by atoms with van der Waals surface area (Å²) in [5.74, 6) is 1.59. The van der Waals surface area contributed by atoms with E-state index in [1.165, 1.54) is 6.42 Å². The van der Waals surface area contributed by atoms with Crippen molar-refractivity contribution in [1.82, 2.24) is 19.6 Å². The van der Waals surface area contributed by atoms with Crippen LogP contribution in [-0.2, 0) is 11.3 Å². The molecule has 1 saturated heterocycles. The second-order valence-electron chi connectivity index (χ2n) is 5.55. The number of hydrogen-bond donors (Lipinski definition) is 1. The van der Waals surface area contributed by atoms with Gasteiger partial charge in [0.1, 0.15) is 0 Å². The van der Waals surface area contributed by atoms with Gasteiger partial charge in [-0.1, -0.05) is 0 Å². The Kier molecular flexibility index (Phi) is 4.94. The Labute approximate surface area is 134 Å². The van der Waals surface area contributed by atoms with E-state index in [9.17, 15) is 0 Å². The zero-order valence-electron chi connectivity index (χ0n) is 13.2. The van der Waals surface area contributed by atoms with Crippen LogP contribution in [0.3, 0.4) is 0 Å². The van der Waals surface area contributed by atoms with Gasteiger partial charge < -0.3 is 15.0 Å². The van der Waals surface area contributed by atoms with Crippen LogP contribution in [0, 0.1) is 5.92 Å². The highest BCUT2D eigenvalue weighted by molar-refractivity contribution is 7.15. The van der Waals surface area contributed by atoms with Gasteiger partial charge in [0.2, 0.25) is 0 Å². The van der Waals surface area contributed by atoms with Gasteiger partial charge in [-0.05, 0) is 13.3 Å². The second kappa shape index (κ2) is 7.11.